The summed E-state index contributed by atoms with van der Waals surface area (Å²) in [5.41, 5.74) is 0. The van der Waals surface area contributed by atoms with Crippen LogP contribution in [0.3, 0.4) is 0 Å². The number of amides is 1. The van der Waals surface area contributed by atoms with Gasteiger partial charge in [0, 0.05) is 6.54 Å². The van der Waals surface area contributed by atoms with E-state index in [1.807, 2.05) is 0 Å². The summed E-state index contributed by atoms with van der Waals surface area (Å²) in [4.78, 5) is 13.9. The van der Waals surface area contributed by atoms with E-state index in [1.165, 1.54) is 10.9 Å². The van der Waals surface area contributed by atoms with Crippen molar-refractivity contribution in [2.75, 3.05) is 24.1 Å². The number of rotatable bonds is 5. The Bertz CT molecular complexity index is 600. The molecule has 0 aromatic carbocycles. The number of piperidine rings is 1. The van der Waals surface area contributed by atoms with Crippen molar-refractivity contribution in [3.63, 3.8) is 0 Å². The van der Waals surface area contributed by atoms with Gasteiger partial charge >= 0.3 is 0 Å². The second kappa shape index (κ2) is 6.39. The van der Waals surface area contributed by atoms with E-state index in [0.717, 1.165) is 25.5 Å². The molecule has 2 rings (SSSR count). The number of sulfonamides is 1. The first-order valence-electron chi connectivity index (χ1n) is 6.67. The third-order valence-corrected chi connectivity index (χ3v) is 3.86. The molecule has 21 heavy (non-hydrogen) atoms. The Hall–Kier alpha value is -1.68. The van der Waals surface area contributed by atoms with E-state index in [4.69, 9.17) is 0 Å². The van der Waals surface area contributed by atoms with Gasteiger partial charge < -0.3 is 10.0 Å². The lowest BCUT2D eigenvalue weighted by Crippen LogP contribution is -2.47. The molecule has 0 radical (unpaired) electrons. The van der Waals surface area contributed by atoms with Gasteiger partial charge in [0.15, 0.2) is 5.82 Å². The van der Waals surface area contributed by atoms with Gasteiger partial charge in [0.1, 0.15) is 6.54 Å². The van der Waals surface area contributed by atoms with Crippen LogP contribution in [0.25, 0.3) is 0 Å². The van der Waals surface area contributed by atoms with Crippen LogP contribution in [0.1, 0.15) is 19.3 Å². The van der Waals surface area contributed by atoms with E-state index >= 15 is 0 Å². The summed E-state index contributed by atoms with van der Waals surface area (Å²) >= 11 is 0. The van der Waals surface area contributed by atoms with E-state index in [1.54, 1.807) is 4.90 Å². The molecule has 10 heteroatoms. The summed E-state index contributed by atoms with van der Waals surface area (Å²) in [6.07, 6.45) is 5.08. The first kappa shape index (κ1) is 15.7. The summed E-state index contributed by atoms with van der Waals surface area (Å²) in [5, 5.41) is 16.7. The highest BCUT2D eigenvalue weighted by Crippen LogP contribution is 2.17. The number of carbonyl (C=O) groups is 1. The fourth-order valence-corrected chi connectivity index (χ4v) is 2.83. The molecule has 1 aliphatic rings. The van der Waals surface area contributed by atoms with Gasteiger partial charge in [-0.3, -0.25) is 9.52 Å². The molecular weight excluding hydrogens is 298 g/mol. The van der Waals surface area contributed by atoms with Crippen molar-refractivity contribution in [2.24, 2.45) is 0 Å². The van der Waals surface area contributed by atoms with Crippen LogP contribution in [-0.4, -0.2) is 64.8 Å². The zero-order valence-corrected chi connectivity index (χ0v) is 12.6. The Labute approximate surface area is 123 Å². The lowest BCUT2D eigenvalue weighted by atomic mass is 10.0. The third-order valence-electron chi connectivity index (χ3n) is 3.28. The van der Waals surface area contributed by atoms with E-state index in [9.17, 15) is 18.3 Å². The predicted molar refractivity (Wildman–Crippen MR) is 74.9 cm³/mol. The minimum Gasteiger partial charge on any atom is -0.394 e. The largest absolute Gasteiger partial charge is 0.394 e. The van der Waals surface area contributed by atoms with E-state index in [0.29, 0.717) is 6.54 Å². The molecular formula is C11H19N5O4S. The molecule has 1 unspecified atom stereocenters. The van der Waals surface area contributed by atoms with E-state index < -0.39 is 10.0 Å². The molecule has 2 heterocycles. The molecule has 1 fully saturated rings. The Kier molecular flexibility index (Phi) is 4.78. The lowest BCUT2D eigenvalue weighted by Gasteiger charge is -2.34. The summed E-state index contributed by atoms with van der Waals surface area (Å²) in [7, 11) is -3.42. The molecule has 1 aliphatic heterocycles. The number of anilines is 1. The van der Waals surface area contributed by atoms with Gasteiger partial charge in [0.2, 0.25) is 15.9 Å². The second-order valence-corrected chi connectivity index (χ2v) is 6.84. The van der Waals surface area contributed by atoms with Crippen LogP contribution in [-0.2, 0) is 21.4 Å². The molecule has 1 atom stereocenters. The Morgan fingerprint density at radius 2 is 2.29 bits per heavy atom. The van der Waals surface area contributed by atoms with Crippen LogP contribution in [0.4, 0.5) is 5.82 Å². The average molecular weight is 317 g/mol. The standard InChI is InChI=1S/C11H19N5O4S/c1-21(19,20)13-10-6-15(14-12-10)7-11(18)16-5-3-2-4-9(16)8-17/h6,9,13,17H,2-5,7-8H2,1H3. The number of aliphatic hydroxyl groups excluding tert-OH is 1. The number of aliphatic hydroxyl groups is 1. The third kappa shape index (κ3) is 4.39. The topological polar surface area (TPSA) is 117 Å². The van der Waals surface area contributed by atoms with Crippen LogP contribution in [0.5, 0.6) is 0 Å². The van der Waals surface area contributed by atoms with Gasteiger partial charge in [0.05, 0.1) is 25.1 Å². The molecule has 1 aromatic rings. The van der Waals surface area contributed by atoms with Gasteiger partial charge in [-0.15, -0.1) is 5.10 Å². The van der Waals surface area contributed by atoms with Gasteiger partial charge in [-0.05, 0) is 19.3 Å². The predicted octanol–water partition coefficient (Wildman–Crippen LogP) is -0.977. The van der Waals surface area contributed by atoms with E-state index in [-0.39, 0.29) is 30.9 Å². The van der Waals surface area contributed by atoms with Gasteiger partial charge in [-0.25, -0.2) is 13.1 Å². The number of hydrogen-bond acceptors (Lipinski definition) is 6. The smallest absolute Gasteiger partial charge is 0.244 e. The minimum atomic E-state index is -3.42. The number of nitrogens with zero attached hydrogens (tertiary/aromatic N) is 4. The summed E-state index contributed by atoms with van der Waals surface area (Å²) in [5.74, 6) is -0.0905. The Balaban J connectivity index is 1.99. The minimum absolute atomic E-state index is 0.0328. The highest BCUT2D eigenvalue weighted by atomic mass is 32.2. The van der Waals surface area contributed by atoms with Crippen molar-refractivity contribution in [1.29, 1.82) is 0 Å². The van der Waals surface area contributed by atoms with Crippen LogP contribution in [0.2, 0.25) is 0 Å². The molecule has 0 saturated carbocycles. The molecule has 2 N–H and O–H groups in total. The van der Waals surface area contributed by atoms with Crippen molar-refractivity contribution in [2.45, 2.75) is 31.8 Å². The van der Waals surface area contributed by atoms with Gasteiger partial charge in [-0.2, -0.15) is 0 Å². The first-order chi connectivity index (χ1) is 9.89. The van der Waals surface area contributed by atoms with Crippen LogP contribution >= 0.6 is 0 Å². The highest BCUT2D eigenvalue weighted by Gasteiger charge is 2.26. The molecule has 1 saturated heterocycles. The molecule has 0 spiro atoms. The van der Waals surface area contributed by atoms with Crippen molar-refractivity contribution in [3.8, 4) is 0 Å². The number of likely N-dealkylation sites (tertiary alicyclic amines) is 1. The van der Waals surface area contributed by atoms with E-state index in [2.05, 4.69) is 15.0 Å². The molecule has 0 aliphatic carbocycles. The number of nitrogens with one attached hydrogen (secondary N) is 1. The SMILES string of the molecule is CS(=O)(=O)Nc1cn(CC(=O)N2CCCCC2CO)nn1. The van der Waals surface area contributed by atoms with Gasteiger partial charge in [0.25, 0.3) is 0 Å². The van der Waals surface area contributed by atoms with Crippen molar-refractivity contribution >= 4 is 21.7 Å². The Morgan fingerprint density at radius 3 is 2.95 bits per heavy atom. The quantitative estimate of drug-likeness (QED) is 0.721. The summed E-state index contributed by atoms with van der Waals surface area (Å²) in [6.45, 7) is 0.534. The molecule has 118 valence electrons. The maximum absolute atomic E-state index is 12.2. The normalized spacial score (nSPS) is 19.5. The lowest BCUT2D eigenvalue weighted by molar-refractivity contribution is -0.136. The maximum atomic E-state index is 12.2. The van der Waals surface area contributed by atoms with Gasteiger partial charge in [-0.1, -0.05) is 5.21 Å². The maximum Gasteiger partial charge on any atom is 0.244 e. The molecule has 1 amide bonds. The van der Waals surface area contributed by atoms with Crippen LogP contribution in [0.15, 0.2) is 6.20 Å². The summed E-state index contributed by atoms with van der Waals surface area (Å²) in [6, 6.07) is -0.150. The van der Waals surface area contributed by atoms with Crippen molar-refractivity contribution in [1.82, 2.24) is 19.9 Å². The average Bonchev–Trinajstić information content (AvgIpc) is 2.83. The van der Waals surface area contributed by atoms with Crippen molar-refractivity contribution < 1.29 is 18.3 Å². The number of carbonyl (C=O) groups excluding carboxylic acids is 1. The second-order valence-electron chi connectivity index (χ2n) is 5.09. The summed E-state index contributed by atoms with van der Waals surface area (Å²) < 4.78 is 25.6. The highest BCUT2D eigenvalue weighted by molar-refractivity contribution is 7.92. The van der Waals surface area contributed by atoms with Crippen molar-refractivity contribution in [3.05, 3.63) is 6.20 Å². The van der Waals surface area contributed by atoms with Crippen LogP contribution in [0, 0.1) is 0 Å². The molecule has 9 nitrogen and oxygen atoms in total. The fraction of sp³-hybridized carbons (Fsp3) is 0.727. The molecule has 1 aromatic heterocycles. The zero-order chi connectivity index (χ0) is 15.5. The zero-order valence-electron chi connectivity index (χ0n) is 11.8. The first-order valence-corrected chi connectivity index (χ1v) is 8.56. The Morgan fingerprint density at radius 1 is 1.52 bits per heavy atom. The number of hydrogen-bond donors (Lipinski definition) is 2. The molecule has 0 bridgehead atoms. The fourth-order valence-electron chi connectivity index (χ4n) is 2.36. The van der Waals surface area contributed by atoms with Crippen LogP contribution < -0.4 is 4.72 Å². The number of aromatic nitrogens is 3. The monoisotopic (exact) mass is 317 g/mol.